The Balaban J connectivity index is 1.50. The zero-order valence-corrected chi connectivity index (χ0v) is 18.4. The van der Waals surface area contributed by atoms with E-state index in [2.05, 4.69) is 15.6 Å². The summed E-state index contributed by atoms with van der Waals surface area (Å²) in [6.07, 6.45) is 1.45. The fraction of sp³-hybridized carbons (Fsp3) is 0.182. The van der Waals surface area contributed by atoms with Gasteiger partial charge in [-0.05, 0) is 61.4 Å². The van der Waals surface area contributed by atoms with Crippen LogP contribution < -0.4 is 20.3 Å². The predicted octanol–water partition coefficient (Wildman–Crippen LogP) is 2.21. The van der Waals surface area contributed by atoms with Gasteiger partial charge in [0.05, 0.1) is 17.7 Å². The molecule has 0 saturated carbocycles. The summed E-state index contributed by atoms with van der Waals surface area (Å²) in [6, 6.07) is 14.2. The second-order valence-electron chi connectivity index (χ2n) is 6.94. The molecule has 0 aliphatic rings. The molecule has 0 aliphatic heterocycles. The van der Waals surface area contributed by atoms with Crippen molar-refractivity contribution in [1.82, 2.24) is 15.6 Å². The number of ether oxygens (including phenoxy) is 1. The number of furan rings is 1. The zero-order chi connectivity index (χ0) is 23.1. The Labute approximate surface area is 185 Å². The van der Waals surface area contributed by atoms with Crippen molar-refractivity contribution in [3.8, 4) is 5.75 Å². The quantitative estimate of drug-likeness (QED) is 0.445. The first kappa shape index (κ1) is 23.0. The molecule has 9 nitrogen and oxygen atoms in total. The number of hydrogen-bond donors (Lipinski definition) is 3. The summed E-state index contributed by atoms with van der Waals surface area (Å²) in [5, 5.41) is 0. The number of para-hydroxylation sites is 1. The Morgan fingerprint density at radius 3 is 2.25 bits per heavy atom. The third kappa shape index (κ3) is 5.96. The average Bonchev–Trinajstić information content (AvgIpc) is 3.30. The fourth-order valence-electron chi connectivity index (χ4n) is 2.85. The molecule has 3 N–H and O–H groups in total. The molecule has 2 aromatic carbocycles. The molecule has 10 heteroatoms. The topological polar surface area (TPSA) is 127 Å². The predicted molar refractivity (Wildman–Crippen MR) is 116 cm³/mol. The molecule has 0 radical (unpaired) electrons. The molecule has 2 amide bonds. The lowest BCUT2D eigenvalue weighted by Gasteiger charge is -2.12. The first-order chi connectivity index (χ1) is 15.3. The van der Waals surface area contributed by atoms with Gasteiger partial charge in [0, 0.05) is 5.56 Å². The zero-order valence-electron chi connectivity index (χ0n) is 17.5. The first-order valence-corrected chi connectivity index (χ1v) is 11.1. The van der Waals surface area contributed by atoms with Gasteiger partial charge in [-0.3, -0.25) is 20.4 Å². The molecular formula is C22H23N3O6S. The molecule has 0 atom stereocenters. The lowest BCUT2D eigenvalue weighted by atomic mass is 10.1. The van der Waals surface area contributed by atoms with Gasteiger partial charge >= 0.3 is 0 Å². The second-order valence-corrected chi connectivity index (χ2v) is 8.71. The van der Waals surface area contributed by atoms with Crippen molar-refractivity contribution < 1.29 is 27.2 Å². The Morgan fingerprint density at radius 1 is 0.938 bits per heavy atom. The third-order valence-electron chi connectivity index (χ3n) is 4.52. The van der Waals surface area contributed by atoms with Gasteiger partial charge < -0.3 is 9.15 Å². The Morgan fingerprint density at radius 2 is 1.62 bits per heavy atom. The molecule has 0 saturated heterocycles. The number of aryl methyl sites for hydroxylation is 2. The van der Waals surface area contributed by atoms with E-state index >= 15 is 0 Å². The number of sulfonamides is 1. The summed E-state index contributed by atoms with van der Waals surface area (Å²) in [6.45, 7) is 3.48. The number of carbonyl (C=O) groups is 2. The van der Waals surface area contributed by atoms with Crippen LogP contribution in [0.25, 0.3) is 0 Å². The molecular weight excluding hydrogens is 434 g/mol. The van der Waals surface area contributed by atoms with Crippen molar-refractivity contribution >= 4 is 21.8 Å². The van der Waals surface area contributed by atoms with Crippen LogP contribution in [-0.2, 0) is 21.4 Å². The second kappa shape index (κ2) is 10.1. The van der Waals surface area contributed by atoms with Gasteiger partial charge in [0.2, 0.25) is 10.0 Å². The molecule has 0 fully saturated rings. The Bertz CT molecular complexity index is 1170. The molecule has 3 rings (SSSR count). The van der Waals surface area contributed by atoms with Crippen molar-refractivity contribution in [2.45, 2.75) is 25.3 Å². The molecule has 168 valence electrons. The molecule has 32 heavy (non-hydrogen) atoms. The van der Waals surface area contributed by atoms with Crippen LogP contribution in [0.3, 0.4) is 0 Å². The van der Waals surface area contributed by atoms with E-state index in [1.54, 1.807) is 12.1 Å². The van der Waals surface area contributed by atoms with E-state index in [0.717, 1.165) is 11.1 Å². The number of hydrogen-bond acceptors (Lipinski definition) is 6. The lowest BCUT2D eigenvalue weighted by molar-refractivity contribution is -0.123. The standard InChI is InChI=1S/C22H23N3O6S/c1-15-5-3-6-16(2)21(15)31-14-20(26)24-25-22(27)17-8-10-19(11-9-17)32(28,29)23-13-18-7-4-12-30-18/h3-12,23H,13-14H2,1-2H3,(H,24,26)(H,25,27). The van der Waals surface area contributed by atoms with Crippen molar-refractivity contribution in [3.05, 3.63) is 83.3 Å². The lowest BCUT2D eigenvalue weighted by Crippen LogP contribution is -2.43. The Hall–Kier alpha value is -3.63. The number of hydrazine groups is 1. The van der Waals surface area contributed by atoms with Gasteiger partial charge in [0.25, 0.3) is 11.8 Å². The van der Waals surface area contributed by atoms with E-state index < -0.39 is 21.8 Å². The minimum absolute atomic E-state index is 0.00764. The van der Waals surface area contributed by atoms with Crippen LogP contribution in [0.4, 0.5) is 0 Å². The van der Waals surface area contributed by atoms with Crippen molar-refractivity contribution in [3.63, 3.8) is 0 Å². The van der Waals surface area contributed by atoms with Crippen molar-refractivity contribution in [1.29, 1.82) is 0 Å². The highest BCUT2D eigenvalue weighted by Crippen LogP contribution is 2.22. The van der Waals surface area contributed by atoms with Gasteiger partial charge in [0.1, 0.15) is 11.5 Å². The molecule has 3 aromatic rings. The maximum Gasteiger partial charge on any atom is 0.276 e. The van der Waals surface area contributed by atoms with Crippen molar-refractivity contribution in [2.24, 2.45) is 0 Å². The van der Waals surface area contributed by atoms with E-state index in [1.807, 2.05) is 32.0 Å². The van der Waals surface area contributed by atoms with Crippen LogP contribution in [0, 0.1) is 13.8 Å². The number of carbonyl (C=O) groups excluding carboxylic acids is 2. The van der Waals surface area contributed by atoms with E-state index in [0.29, 0.717) is 11.5 Å². The average molecular weight is 458 g/mol. The highest BCUT2D eigenvalue weighted by atomic mass is 32.2. The third-order valence-corrected chi connectivity index (χ3v) is 5.93. The van der Waals surface area contributed by atoms with Gasteiger partial charge in [0.15, 0.2) is 6.61 Å². The van der Waals surface area contributed by atoms with E-state index in [9.17, 15) is 18.0 Å². The summed E-state index contributed by atoms with van der Waals surface area (Å²) < 4.78 is 37.7. The molecule has 1 heterocycles. The van der Waals surface area contributed by atoms with Crippen molar-refractivity contribution in [2.75, 3.05) is 6.61 Å². The number of rotatable bonds is 8. The summed E-state index contributed by atoms with van der Waals surface area (Å²) in [5.41, 5.74) is 6.51. The van der Waals surface area contributed by atoms with Crippen LogP contribution in [0.15, 0.2) is 70.2 Å². The number of amides is 2. The van der Waals surface area contributed by atoms with E-state index in [4.69, 9.17) is 9.15 Å². The normalized spacial score (nSPS) is 11.1. The van der Waals surface area contributed by atoms with Gasteiger partial charge in [-0.15, -0.1) is 0 Å². The maximum absolute atomic E-state index is 12.3. The minimum atomic E-state index is -3.77. The molecule has 0 aliphatic carbocycles. The summed E-state index contributed by atoms with van der Waals surface area (Å²) in [5.74, 6) is -0.0476. The largest absolute Gasteiger partial charge is 0.483 e. The van der Waals surface area contributed by atoms with Crippen LogP contribution in [0.5, 0.6) is 5.75 Å². The smallest absolute Gasteiger partial charge is 0.276 e. The van der Waals surface area contributed by atoms with Gasteiger partial charge in [-0.25, -0.2) is 13.1 Å². The highest BCUT2D eigenvalue weighted by Gasteiger charge is 2.16. The summed E-state index contributed by atoms with van der Waals surface area (Å²) in [7, 11) is -3.77. The van der Waals surface area contributed by atoms with Gasteiger partial charge in [-0.1, -0.05) is 18.2 Å². The fourth-order valence-corrected chi connectivity index (χ4v) is 3.84. The SMILES string of the molecule is Cc1cccc(C)c1OCC(=O)NNC(=O)c1ccc(S(=O)(=O)NCc2ccco2)cc1. The minimum Gasteiger partial charge on any atom is -0.483 e. The molecule has 0 unspecified atom stereocenters. The highest BCUT2D eigenvalue weighted by molar-refractivity contribution is 7.89. The van der Waals surface area contributed by atoms with E-state index in [-0.39, 0.29) is 23.6 Å². The molecule has 0 spiro atoms. The van der Waals surface area contributed by atoms with Gasteiger partial charge in [-0.2, -0.15) is 0 Å². The summed E-state index contributed by atoms with van der Waals surface area (Å²) >= 11 is 0. The summed E-state index contributed by atoms with van der Waals surface area (Å²) in [4.78, 5) is 24.2. The molecule has 0 bridgehead atoms. The Kier molecular flexibility index (Phi) is 7.29. The van der Waals surface area contributed by atoms with Crippen LogP contribution in [0.2, 0.25) is 0 Å². The van der Waals surface area contributed by atoms with Crippen LogP contribution in [0.1, 0.15) is 27.2 Å². The number of nitrogens with one attached hydrogen (secondary N) is 3. The van der Waals surface area contributed by atoms with Crippen LogP contribution in [-0.4, -0.2) is 26.8 Å². The van der Waals surface area contributed by atoms with E-state index in [1.165, 1.54) is 30.5 Å². The van der Waals surface area contributed by atoms with Crippen LogP contribution >= 0.6 is 0 Å². The maximum atomic E-state index is 12.3. The first-order valence-electron chi connectivity index (χ1n) is 9.66. The molecule has 1 aromatic heterocycles. The monoisotopic (exact) mass is 457 g/mol. The number of benzene rings is 2.